The Hall–Kier alpha value is 0.160. The standard InChI is InChI=1S/C14H21BrN2S2/c1-13(12-10(15)5-7-18-12)8-14(19-9-17-13)6-3-2-4-11(14)16/h5,7,9,11H,2-4,6,8,16,19H2,1H3/t11?,13-,14?/m0/s1/i2D2,3D2,4D2,11D,19D2. The molecule has 3 atom stereocenters. The molecule has 106 valence electrons. The highest BCUT2D eigenvalue weighted by Crippen LogP contribution is 2.52. The van der Waals surface area contributed by atoms with E-state index >= 15 is 0 Å². The van der Waals surface area contributed by atoms with Gasteiger partial charge in [-0.15, -0.1) is 11.3 Å². The number of hydrogen-bond acceptors (Lipinski definition) is 3. The predicted octanol–water partition coefficient (Wildman–Crippen LogP) is 4.00. The Kier molecular flexibility index (Phi) is 1.89. The summed E-state index contributed by atoms with van der Waals surface area (Å²) >= 11 is 1.31. The van der Waals surface area contributed by atoms with E-state index in [0.717, 1.165) is 14.9 Å². The Bertz CT molecular complexity index is 841. The summed E-state index contributed by atoms with van der Waals surface area (Å²) in [5.41, 5.74) is 6.17. The fourth-order valence-electron chi connectivity index (χ4n) is 2.47. The molecule has 0 amide bonds. The van der Waals surface area contributed by atoms with Crippen LogP contribution in [0.25, 0.3) is 0 Å². The van der Waals surface area contributed by atoms with Gasteiger partial charge in [-0.2, -0.15) is 0 Å². The van der Waals surface area contributed by atoms with E-state index in [1.54, 1.807) is 13.0 Å². The van der Waals surface area contributed by atoms with Crippen molar-refractivity contribution in [2.24, 2.45) is 10.7 Å². The lowest BCUT2D eigenvalue weighted by Crippen LogP contribution is -2.52. The van der Waals surface area contributed by atoms with Gasteiger partial charge in [0.2, 0.25) is 0 Å². The summed E-state index contributed by atoms with van der Waals surface area (Å²) < 4.78 is 73.9. The second-order valence-electron chi connectivity index (χ2n) is 4.91. The molecule has 2 N–H and O–H groups in total. The second-order valence-corrected chi connectivity index (χ2v) is 7.91. The lowest BCUT2D eigenvalue weighted by Gasteiger charge is -2.49. The van der Waals surface area contributed by atoms with Gasteiger partial charge < -0.3 is 5.73 Å². The number of thiophene rings is 1. The van der Waals surface area contributed by atoms with Crippen LogP contribution in [0.1, 0.15) is 53.4 Å². The third kappa shape index (κ3) is 2.43. The Balaban J connectivity index is 2.29. The molecule has 0 aromatic carbocycles. The Morgan fingerprint density at radius 3 is 3.32 bits per heavy atom. The zero-order chi connectivity index (χ0) is 21.6. The van der Waals surface area contributed by atoms with Crippen molar-refractivity contribution in [2.75, 3.05) is 0 Å². The van der Waals surface area contributed by atoms with Crippen molar-refractivity contribution in [3.8, 4) is 0 Å². The highest BCUT2D eigenvalue weighted by molar-refractivity contribution is 9.10. The highest BCUT2D eigenvalue weighted by atomic mass is 79.9. The molecule has 2 aliphatic rings. The van der Waals surface area contributed by atoms with Gasteiger partial charge in [-0.3, -0.25) is 4.99 Å². The summed E-state index contributed by atoms with van der Waals surface area (Å²) in [5, 5.41) is 1.82. The van der Waals surface area contributed by atoms with Crippen molar-refractivity contribution in [3.05, 3.63) is 20.8 Å². The molecule has 0 radical (unpaired) electrons. The zero-order valence-electron chi connectivity index (χ0n) is 19.4. The third-order valence-electron chi connectivity index (χ3n) is 3.50. The van der Waals surface area contributed by atoms with E-state index in [1.807, 2.05) is 5.38 Å². The number of nitrogens with zero attached hydrogens (tertiary/aromatic N) is 1. The first-order valence-electron chi connectivity index (χ1n) is 10.2. The van der Waals surface area contributed by atoms with E-state index in [-0.39, 0.29) is 6.42 Å². The largest absolute Gasteiger partial charge is 0.326 e. The highest BCUT2D eigenvalue weighted by Gasteiger charge is 2.46. The van der Waals surface area contributed by atoms with Crippen LogP contribution < -0.4 is 5.73 Å². The maximum atomic E-state index is 8.72. The van der Waals surface area contributed by atoms with Crippen molar-refractivity contribution >= 4 is 44.4 Å². The van der Waals surface area contributed by atoms with Crippen LogP contribution in [0.3, 0.4) is 0 Å². The maximum Gasteiger partial charge on any atom is 0.0949 e. The molecule has 2 heterocycles. The van der Waals surface area contributed by atoms with Gasteiger partial charge in [0, 0.05) is 35.3 Å². The minimum Gasteiger partial charge on any atom is -0.326 e. The third-order valence-corrected chi connectivity index (χ3v) is 6.76. The van der Waals surface area contributed by atoms with Gasteiger partial charge in [-0.1, -0.05) is 12.7 Å². The summed E-state index contributed by atoms with van der Waals surface area (Å²) in [4.78, 5) is 5.14. The molecular weight excluding hydrogens is 340 g/mol. The van der Waals surface area contributed by atoms with Crippen LogP contribution in [0, 0.1) is 0 Å². The predicted molar refractivity (Wildman–Crippen MR) is 92.0 cm³/mol. The quantitative estimate of drug-likeness (QED) is 0.797. The average Bonchev–Trinajstić information content (AvgIpc) is 2.96. The molecule has 19 heavy (non-hydrogen) atoms. The maximum absolute atomic E-state index is 8.72. The molecule has 3 rings (SSSR count). The minimum atomic E-state index is -3.48. The fourth-order valence-corrected chi connectivity index (χ4v) is 5.57. The molecule has 1 aromatic heterocycles. The van der Waals surface area contributed by atoms with Gasteiger partial charge >= 0.3 is 0 Å². The van der Waals surface area contributed by atoms with Gasteiger partial charge in [-0.25, -0.2) is 11.6 Å². The summed E-state index contributed by atoms with van der Waals surface area (Å²) in [7, 11) is 0. The zero-order valence-corrected chi connectivity index (χ0v) is 13.6. The molecule has 1 saturated carbocycles. The van der Waals surface area contributed by atoms with Crippen LogP contribution in [0.2, 0.25) is 0 Å². The lowest BCUT2D eigenvalue weighted by molar-refractivity contribution is 0.274. The van der Waals surface area contributed by atoms with Crippen LogP contribution in [-0.2, 0) is 5.54 Å². The molecule has 1 fully saturated rings. The van der Waals surface area contributed by atoms with E-state index in [9.17, 15) is 0 Å². The molecule has 1 aromatic rings. The molecule has 1 aliphatic heterocycles. The van der Waals surface area contributed by atoms with Crippen molar-refractivity contribution in [3.63, 3.8) is 0 Å². The van der Waals surface area contributed by atoms with Crippen LogP contribution in [0.5, 0.6) is 0 Å². The fraction of sp³-hybridized carbons (Fsp3) is 0.643. The van der Waals surface area contributed by atoms with Gasteiger partial charge in [0.25, 0.3) is 0 Å². The number of hydrogen-bond donors (Lipinski definition) is 1. The molecule has 0 saturated heterocycles. The first kappa shape index (κ1) is 6.95. The summed E-state index contributed by atoms with van der Waals surface area (Å²) in [6.45, 7) is 1.72. The Morgan fingerprint density at radius 2 is 2.58 bits per heavy atom. The van der Waals surface area contributed by atoms with Crippen LogP contribution in [0.15, 0.2) is 20.9 Å². The van der Waals surface area contributed by atoms with E-state index in [1.165, 1.54) is 11.3 Å². The number of aliphatic imine (C=N–C) groups is 1. The summed E-state index contributed by atoms with van der Waals surface area (Å²) in [6.07, 6.45) is -9.83. The van der Waals surface area contributed by atoms with Crippen LogP contribution in [0.4, 0.5) is 0 Å². The SMILES string of the molecule is [2H]C1([2H])CC2(C[C@@](C)(c3sccc3Br)N=CS2([2H])[2H])C([2H])(N)C([2H])([2H])C1([2H])[2H]. The van der Waals surface area contributed by atoms with Crippen molar-refractivity contribution < 1.29 is 9.60 Å². The molecule has 2 unspecified atom stereocenters. The lowest BCUT2D eigenvalue weighted by atomic mass is 9.76. The van der Waals surface area contributed by atoms with Crippen molar-refractivity contribution in [1.82, 2.24) is 0 Å². The molecule has 2 nitrogen and oxygen atoms in total. The van der Waals surface area contributed by atoms with Crippen molar-refractivity contribution in [2.45, 2.75) is 55.2 Å². The van der Waals surface area contributed by atoms with Crippen LogP contribution in [-0.4, -0.2) is 18.6 Å². The molecule has 1 spiro atoms. The van der Waals surface area contributed by atoms with E-state index in [2.05, 4.69) is 20.9 Å². The van der Waals surface area contributed by atoms with Crippen molar-refractivity contribution in [1.29, 1.82) is 2.25 Å². The smallest absolute Gasteiger partial charge is 0.0949 e. The number of nitrogens with two attached hydrogens (primary N) is 1. The molecular formula is C14H21BrN2S2. The normalized spacial score (nSPS) is 61.9. The monoisotopic (exact) mass is 369 g/mol. The number of halogens is 1. The molecule has 0 bridgehead atoms. The molecule has 1 aliphatic carbocycles. The Morgan fingerprint density at radius 1 is 1.74 bits per heavy atom. The van der Waals surface area contributed by atoms with E-state index in [4.69, 9.17) is 17.6 Å². The Labute approximate surface area is 143 Å². The summed E-state index contributed by atoms with van der Waals surface area (Å²) in [6, 6.07) is -0.913. The van der Waals surface area contributed by atoms with E-state index < -0.39 is 53.4 Å². The van der Waals surface area contributed by atoms with Gasteiger partial charge in [0.15, 0.2) is 0 Å². The van der Waals surface area contributed by atoms with Gasteiger partial charge in [0.1, 0.15) is 0 Å². The van der Waals surface area contributed by atoms with Gasteiger partial charge in [-0.05, 0) is 53.5 Å². The first-order chi connectivity index (χ1) is 12.4. The first-order valence-corrected chi connectivity index (χ1v) is 8.43. The average molecular weight is 370 g/mol. The number of rotatable bonds is 1. The van der Waals surface area contributed by atoms with E-state index in [0.29, 0.717) is 0 Å². The van der Waals surface area contributed by atoms with Gasteiger partial charge in [0.05, 0.1) is 7.79 Å². The minimum absolute atomic E-state index is 0.201. The summed E-state index contributed by atoms with van der Waals surface area (Å²) in [5.74, 6) is 0. The topological polar surface area (TPSA) is 38.4 Å². The van der Waals surface area contributed by atoms with Crippen LogP contribution >= 0.6 is 38.8 Å². The molecule has 5 heteroatoms. The second kappa shape index (κ2) is 5.17.